The summed E-state index contributed by atoms with van der Waals surface area (Å²) in [6.07, 6.45) is -0.107. The zero-order valence-electron chi connectivity index (χ0n) is 14.7. The molecule has 0 spiro atoms. The highest BCUT2D eigenvalue weighted by Gasteiger charge is 2.37. The van der Waals surface area contributed by atoms with Gasteiger partial charge in [-0.05, 0) is 42.8 Å². The van der Waals surface area contributed by atoms with Crippen LogP contribution in [0.2, 0.25) is 0 Å². The maximum absolute atomic E-state index is 13.1. The molecule has 26 heavy (non-hydrogen) atoms. The van der Waals surface area contributed by atoms with Crippen LogP contribution in [0.1, 0.15) is 18.1 Å². The molecule has 0 aliphatic rings. The third kappa shape index (κ3) is 4.11. The van der Waals surface area contributed by atoms with Crippen molar-refractivity contribution < 1.29 is 28.6 Å². The number of carbonyl (C=O) groups excluding carboxylic acids is 1. The monoisotopic (exact) mass is 361 g/mol. The molecule has 2 aromatic rings. The van der Waals surface area contributed by atoms with E-state index in [1.807, 2.05) is 0 Å². The Hall–Kier alpha value is -3.09. The number of carboxylic acid groups (broad SMARTS) is 1. The van der Waals surface area contributed by atoms with Gasteiger partial charge in [-0.2, -0.15) is 0 Å². The Kier molecular flexibility index (Phi) is 5.82. The third-order valence-electron chi connectivity index (χ3n) is 4.08. The summed E-state index contributed by atoms with van der Waals surface area (Å²) in [6.45, 7) is 1.35. The first kappa shape index (κ1) is 19.2. The zero-order chi connectivity index (χ0) is 19.3. The van der Waals surface area contributed by atoms with E-state index in [1.54, 1.807) is 18.2 Å². The number of halogens is 1. The van der Waals surface area contributed by atoms with Crippen LogP contribution in [-0.2, 0) is 21.5 Å². The van der Waals surface area contributed by atoms with E-state index in [4.69, 9.17) is 9.47 Å². The average Bonchev–Trinajstić information content (AvgIpc) is 2.61. The van der Waals surface area contributed by atoms with E-state index in [0.29, 0.717) is 17.1 Å². The molecule has 0 aromatic heterocycles. The Morgan fingerprint density at radius 1 is 1.12 bits per heavy atom. The molecule has 2 N–H and O–H groups in total. The molecule has 1 amide bonds. The zero-order valence-corrected chi connectivity index (χ0v) is 14.7. The molecule has 2 aromatic carbocycles. The molecule has 0 saturated heterocycles. The maximum Gasteiger partial charge on any atom is 0.333 e. The van der Waals surface area contributed by atoms with Crippen LogP contribution < -0.4 is 14.8 Å². The van der Waals surface area contributed by atoms with E-state index >= 15 is 0 Å². The van der Waals surface area contributed by atoms with Crippen molar-refractivity contribution in [2.75, 3.05) is 14.2 Å². The Bertz CT molecular complexity index is 806. The molecule has 7 heteroatoms. The lowest BCUT2D eigenvalue weighted by Gasteiger charge is -2.27. The predicted octanol–water partition coefficient (Wildman–Crippen LogP) is 2.50. The van der Waals surface area contributed by atoms with Crippen molar-refractivity contribution in [3.8, 4) is 11.5 Å². The Balaban J connectivity index is 2.26. The molecule has 1 atom stereocenters. The first-order valence-electron chi connectivity index (χ1n) is 7.81. The van der Waals surface area contributed by atoms with Gasteiger partial charge in [-0.25, -0.2) is 9.18 Å². The quantitative estimate of drug-likeness (QED) is 0.792. The van der Waals surface area contributed by atoms with Gasteiger partial charge < -0.3 is 19.9 Å². The van der Waals surface area contributed by atoms with Gasteiger partial charge in [0, 0.05) is 5.56 Å². The van der Waals surface area contributed by atoms with E-state index in [1.165, 1.54) is 33.3 Å². The molecule has 0 bridgehead atoms. The van der Waals surface area contributed by atoms with Crippen LogP contribution in [0.25, 0.3) is 0 Å². The summed E-state index contributed by atoms with van der Waals surface area (Å²) in [5.41, 5.74) is -0.884. The van der Waals surface area contributed by atoms with Gasteiger partial charge in [0.25, 0.3) is 0 Å². The highest BCUT2D eigenvalue weighted by atomic mass is 19.1. The first-order valence-corrected chi connectivity index (χ1v) is 7.81. The number of benzene rings is 2. The number of methoxy groups -OCH3 is 2. The SMILES string of the molecule is COc1ccc(OC)c(CC(=O)NC(C)(C(=O)O)c2ccc(F)cc2)c1. The predicted molar refractivity (Wildman–Crippen MR) is 92.8 cm³/mol. The Morgan fingerprint density at radius 2 is 1.77 bits per heavy atom. The highest BCUT2D eigenvalue weighted by molar-refractivity contribution is 5.89. The van der Waals surface area contributed by atoms with Crippen LogP contribution in [0.5, 0.6) is 11.5 Å². The van der Waals surface area contributed by atoms with Crippen molar-refractivity contribution in [2.24, 2.45) is 0 Å². The van der Waals surface area contributed by atoms with Crippen LogP contribution in [0.3, 0.4) is 0 Å². The number of amides is 1. The van der Waals surface area contributed by atoms with Crippen molar-refractivity contribution >= 4 is 11.9 Å². The molecule has 1 unspecified atom stereocenters. The Labute approximate surface area is 150 Å². The fraction of sp³-hybridized carbons (Fsp3) is 0.263. The number of rotatable bonds is 7. The van der Waals surface area contributed by atoms with Crippen LogP contribution >= 0.6 is 0 Å². The highest BCUT2D eigenvalue weighted by Crippen LogP contribution is 2.26. The third-order valence-corrected chi connectivity index (χ3v) is 4.08. The van der Waals surface area contributed by atoms with E-state index in [9.17, 15) is 19.1 Å². The molecule has 0 radical (unpaired) electrons. The molecule has 0 fully saturated rings. The Morgan fingerprint density at radius 3 is 2.31 bits per heavy atom. The average molecular weight is 361 g/mol. The summed E-state index contributed by atoms with van der Waals surface area (Å²) in [5, 5.41) is 12.1. The largest absolute Gasteiger partial charge is 0.497 e. The number of aliphatic carboxylic acids is 1. The van der Waals surface area contributed by atoms with Gasteiger partial charge >= 0.3 is 5.97 Å². The maximum atomic E-state index is 13.1. The van der Waals surface area contributed by atoms with E-state index in [-0.39, 0.29) is 12.0 Å². The van der Waals surface area contributed by atoms with Crippen LogP contribution in [0.4, 0.5) is 4.39 Å². The topological polar surface area (TPSA) is 84.9 Å². The minimum atomic E-state index is -1.70. The molecular weight excluding hydrogens is 341 g/mol. The summed E-state index contributed by atoms with van der Waals surface area (Å²) >= 11 is 0. The standard InChI is InChI=1S/C19H20FNO5/c1-19(18(23)24,13-4-6-14(20)7-5-13)21-17(22)11-12-10-15(25-2)8-9-16(12)26-3/h4-10H,11H2,1-3H3,(H,21,22)(H,23,24). The minimum Gasteiger partial charge on any atom is -0.497 e. The van der Waals surface area contributed by atoms with Gasteiger partial charge in [0.05, 0.1) is 20.6 Å². The van der Waals surface area contributed by atoms with E-state index in [2.05, 4.69) is 5.32 Å². The fourth-order valence-corrected chi connectivity index (χ4v) is 2.55. The number of carboxylic acids is 1. The second-order valence-electron chi connectivity index (χ2n) is 5.84. The summed E-state index contributed by atoms with van der Waals surface area (Å²) in [4.78, 5) is 24.3. The van der Waals surface area contributed by atoms with Gasteiger partial charge in [-0.1, -0.05) is 12.1 Å². The second kappa shape index (κ2) is 7.86. The summed E-state index contributed by atoms with van der Waals surface area (Å²) in [7, 11) is 2.98. The van der Waals surface area contributed by atoms with Gasteiger partial charge in [-0.15, -0.1) is 0 Å². The van der Waals surface area contributed by atoms with Gasteiger partial charge in [-0.3, -0.25) is 4.79 Å². The molecule has 0 saturated carbocycles. The van der Waals surface area contributed by atoms with Crippen LogP contribution in [0.15, 0.2) is 42.5 Å². The van der Waals surface area contributed by atoms with E-state index < -0.39 is 23.2 Å². The van der Waals surface area contributed by atoms with Crippen molar-refractivity contribution in [2.45, 2.75) is 18.9 Å². The number of nitrogens with one attached hydrogen (secondary N) is 1. The van der Waals surface area contributed by atoms with Gasteiger partial charge in [0.2, 0.25) is 5.91 Å². The van der Waals surface area contributed by atoms with Crippen molar-refractivity contribution in [3.63, 3.8) is 0 Å². The first-order chi connectivity index (χ1) is 12.3. The molecule has 0 heterocycles. The lowest BCUT2D eigenvalue weighted by molar-refractivity contribution is -0.147. The second-order valence-corrected chi connectivity index (χ2v) is 5.84. The number of ether oxygens (including phenoxy) is 2. The van der Waals surface area contributed by atoms with Crippen LogP contribution in [-0.4, -0.2) is 31.2 Å². The molecule has 6 nitrogen and oxygen atoms in total. The minimum absolute atomic E-state index is 0.107. The van der Waals surface area contributed by atoms with Crippen molar-refractivity contribution in [3.05, 3.63) is 59.4 Å². The van der Waals surface area contributed by atoms with Crippen LogP contribution in [0, 0.1) is 5.82 Å². The fourth-order valence-electron chi connectivity index (χ4n) is 2.55. The number of hydrogen-bond acceptors (Lipinski definition) is 4. The van der Waals surface area contributed by atoms with Gasteiger partial charge in [0.1, 0.15) is 17.3 Å². The molecule has 0 aliphatic heterocycles. The molecule has 2 rings (SSSR count). The molecule has 138 valence electrons. The summed E-state index contributed by atoms with van der Waals surface area (Å²) in [5.74, 6) is -1.23. The van der Waals surface area contributed by atoms with Crippen molar-refractivity contribution in [1.29, 1.82) is 0 Å². The van der Waals surface area contributed by atoms with Gasteiger partial charge in [0.15, 0.2) is 5.54 Å². The molecule has 0 aliphatic carbocycles. The summed E-state index contributed by atoms with van der Waals surface area (Å²) in [6, 6.07) is 9.96. The lowest BCUT2D eigenvalue weighted by Crippen LogP contribution is -2.50. The number of carbonyl (C=O) groups is 2. The summed E-state index contributed by atoms with van der Waals surface area (Å²) < 4.78 is 23.5. The lowest BCUT2D eigenvalue weighted by atomic mass is 9.91. The number of hydrogen-bond donors (Lipinski definition) is 2. The van der Waals surface area contributed by atoms with E-state index in [0.717, 1.165) is 12.1 Å². The smallest absolute Gasteiger partial charge is 0.333 e. The normalized spacial score (nSPS) is 12.8. The molecular formula is C19H20FNO5. The van der Waals surface area contributed by atoms with Crippen molar-refractivity contribution in [1.82, 2.24) is 5.32 Å².